The molecule has 0 unspecified atom stereocenters. The first-order chi connectivity index (χ1) is 24.9. The third kappa shape index (κ3) is 8.69. The van der Waals surface area contributed by atoms with E-state index in [-0.39, 0.29) is 28.8 Å². The number of rotatable bonds is 11. The van der Waals surface area contributed by atoms with E-state index in [9.17, 15) is 14.4 Å². The van der Waals surface area contributed by atoms with Crippen LogP contribution in [0.5, 0.6) is 5.75 Å². The average Bonchev–Trinajstić information content (AvgIpc) is 3.78. The number of methoxy groups -OCH3 is 1. The molecule has 1 fully saturated rings. The molecule has 0 radical (unpaired) electrons. The third-order valence-electron chi connectivity index (χ3n) is 8.57. The molecule has 15 nitrogen and oxygen atoms in total. The van der Waals surface area contributed by atoms with Crippen LogP contribution in [0, 0.1) is 0 Å². The highest BCUT2D eigenvalue weighted by molar-refractivity contribution is 7.14. The van der Waals surface area contributed by atoms with E-state index in [1.807, 2.05) is 53.5 Å². The zero-order chi connectivity index (χ0) is 37.0. The first-order valence-electron chi connectivity index (χ1n) is 17.0. The lowest BCUT2D eigenvalue weighted by Gasteiger charge is -2.34. The third-order valence-corrected chi connectivity index (χ3v) is 9.33. The van der Waals surface area contributed by atoms with Crippen LogP contribution in [0.1, 0.15) is 66.6 Å². The molecule has 52 heavy (non-hydrogen) atoms. The molecule has 1 aromatic carbocycles. The van der Waals surface area contributed by atoms with Gasteiger partial charge in [-0.15, -0.1) is 21.5 Å². The summed E-state index contributed by atoms with van der Waals surface area (Å²) in [6, 6.07) is 10.8. The molecule has 0 atom stereocenters. The van der Waals surface area contributed by atoms with Gasteiger partial charge in [0.2, 0.25) is 5.91 Å². The molecule has 2 amide bonds. The minimum absolute atomic E-state index is 0.00847. The van der Waals surface area contributed by atoms with E-state index in [4.69, 9.17) is 9.72 Å². The fourth-order valence-corrected chi connectivity index (χ4v) is 6.68. The number of ether oxygens (including phenoxy) is 1. The van der Waals surface area contributed by atoms with Crippen molar-refractivity contribution in [2.24, 2.45) is 0 Å². The quantitative estimate of drug-likeness (QED) is 0.205. The largest absolute Gasteiger partial charge is 0.497 e. The zero-order valence-electron chi connectivity index (χ0n) is 30.2. The van der Waals surface area contributed by atoms with E-state index in [1.54, 1.807) is 37.6 Å². The Morgan fingerprint density at radius 3 is 2.50 bits per heavy atom. The summed E-state index contributed by atoms with van der Waals surface area (Å²) in [7, 11) is 5.33. The predicted molar refractivity (Wildman–Crippen MR) is 201 cm³/mol. The Morgan fingerprint density at radius 1 is 1.08 bits per heavy atom. The van der Waals surface area contributed by atoms with Gasteiger partial charge in [0.1, 0.15) is 17.2 Å². The van der Waals surface area contributed by atoms with Crippen LogP contribution in [0.25, 0.3) is 17.8 Å². The number of aromatic nitrogens is 7. The summed E-state index contributed by atoms with van der Waals surface area (Å²) >= 11 is 1.36. The number of hydrogen-bond acceptors (Lipinski definition) is 12. The topological polar surface area (TPSA) is 165 Å². The number of benzene rings is 1. The van der Waals surface area contributed by atoms with Crippen LogP contribution in [0.15, 0.2) is 52.8 Å². The molecular formula is C36H43N11O4S. The summed E-state index contributed by atoms with van der Waals surface area (Å²) in [6.45, 7) is 8.04. The fraction of sp³-hybridized carbons (Fsp3) is 0.389. The number of anilines is 2. The van der Waals surface area contributed by atoms with E-state index in [0.29, 0.717) is 72.6 Å². The summed E-state index contributed by atoms with van der Waals surface area (Å²) in [5.74, 6) is 1.18. The molecule has 1 aliphatic heterocycles. The monoisotopic (exact) mass is 725 g/mol. The number of piperidine rings is 1. The first kappa shape index (κ1) is 36.3. The number of carbonyl (C=O) groups excluding carboxylic acids is 2. The number of nitrogens with zero attached hydrogens (tertiary/aromatic N) is 9. The lowest BCUT2D eigenvalue weighted by molar-refractivity contribution is -0.122. The second-order valence-electron chi connectivity index (χ2n) is 14.0. The van der Waals surface area contributed by atoms with E-state index in [2.05, 4.69) is 51.8 Å². The summed E-state index contributed by atoms with van der Waals surface area (Å²) in [6.07, 6.45) is 6.21. The maximum atomic E-state index is 14.1. The van der Waals surface area contributed by atoms with Crippen LogP contribution in [0.2, 0.25) is 0 Å². The molecule has 0 spiro atoms. The number of tetrazole rings is 1. The highest BCUT2D eigenvalue weighted by atomic mass is 32.1. The first-order valence-corrected chi connectivity index (χ1v) is 17.9. The molecule has 1 aliphatic rings. The van der Waals surface area contributed by atoms with Crippen LogP contribution in [0.3, 0.4) is 0 Å². The molecule has 272 valence electrons. The van der Waals surface area contributed by atoms with E-state index in [1.165, 1.54) is 20.5 Å². The standard InChI is InChI=1S/C36H43N11O4S/c1-36(2,3)28-22-52-35(38-28)40-33(49)24-13-18-46-30(19-24)39-32(45-16-14-25(15-17-45)37-31(48)21-44(4)5)27(34(46)50)11-12-29-41-43-47(42-29)20-23-7-9-26(51-6)10-8-23/h7-13,18-19,22,25H,14-17,20-21H2,1-6H3,(H,37,48)(H,38,40,49)/b12-11+. The molecule has 0 aliphatic carbocycles. The van der Waals surface area contributed by atoms with Gasteiger partial charge < -0.3 is 19.9 Å². The fourth-order valence-electron chi connectivity index (χ4n) is 5.75. The van der Waals surface area contributed by atoms with Crippen molar-refractivity contribution in [2.75, 3.05) is 51.1 Å². The Labute approximate surface area is 305 Å². The maximum absolute atomic E-state index is 14.1. The minimum atomic E-state index is -0.352. The number of carbonyl (C=O) groups is 2. The summed E-state index contributed by atoms with van der Waals surface area (Å²) in [4.78, 5) is 54.7. The zero-order valence-corrected chi connectivity index (χ0v) is 31.0. The molecule has 6 rings (SSSR count). The van der Waals surface area contributed by atoms with Gasteiger partial charge in [0.25, 0.3) is 11.5 Å². The molecular weight excluding hydrogens is 683 g/mol. The Balaban J connectivity index is 1.28. The summed E-state index contributed by atoms with van der Waals surface area (Å²) < 4.78 is 6.65. The van der Waals surface area contributed by atoms with Crippen molar-refractivity contribution in [1.29, 1.82) is 0 Å². The second kappa shape index (κ2) is 15.4. The molecule has 0 bridgehead atoms. The van der Waals surface area contributed by atoms with Crippen LogP contribution in [-0.4, -0.2) is 98.2 Å². The van der Waals surface area contributed by atoms with Gasteiger partial charge in [-0.25, -0.2) is 9.97 Å². The second-order valence-corrected chi connectivity index (χ2v) is 14.8. The van der Waals surface area contributed by atoms with Gasteiger partial charge in [0, 0.05) is 41.7 Å². The van der Waals surface area contributed by atoms with Crippen LogP contribution in [0.4, 0.5) is 10.9 Å². The number of nitrogens with one attached hydrogen (secondary N) is 2. The van der Waals surface area contributed by atoms with Gasteiger partial charge in [-0.3, -0.25) is 24.1 Å². The van der Waals surface area contributed by atoms with Crippen molar-refractivity contribution < 1.29 is 14.3 Å². The van der Waals surface area contributed by atoms with Crippen molar-refractivity contribution in [2.45, 2.75) is 51.6 Å². The van der Waals surface area contributed by atoms with Crippen molar-refractivity contribution in [1.82, 2.24) is 44.8 Å². The highest BCUT2D eigenvalue weighted by Gasteiger charge is 2.25. The van der Waals surface area contributed by atoms with E-state index < -0.39 is 0 Å². The molecule has 4 aromatic heterocycles. The molecule has 2 N–H and O–H groups in total. The number of pyridine rings is 1. The van der Waals surface area contributed by atoms with Gasteiger partial charge in [0.15, 0.2) is 11.0 Å². The van der Waals surface area contributed by atoms with Crippen LogP contribution < -0.4 is 25.8 Å². The molecule has 16 heteroatoms. The predicted octanol–water partition coefficient (Wildman–Crippen LogP) is 3.56. The number of fused-ring (bicyclic) bond motifs is 1. The Hall–Kier alpha value is -5.48. The van der Waals surface area contributed by atoms with Gasteiger partial charge in [0.05, 0.1) is 31.5 Å². The Kier molecular flexibility index (Phi) is 10.8. The lowest BCUT2D eigenvalue weighted by atomic mass is 9.93. The van der Waals surface area contributed by atoms with Crippen molar-refractivity contribution >= 4 is 51.9 Å². The highest BCUT2D eigenvalue weighted by Crippen LogP contribution is 2.27. The van der Waals surface area contributed by atoms with Crippen molar-refractivity contribution in [3.8, 4) is 5.75 Å². The van der Waals surface area contributed by atoms with Gasteiger partial charge in [-0.05, 0) is 74.1 Å². The number of likely N-dealkylation sites (N-methyl/N-ethyl adjacent to an activating group) is 1. The van der Waals surface area contributed by atoms with Gasteiger partial charge in [-0.1, -0.05) is 32.9 Å². The molecule has 5 heterocycles. The molecule has 0 saturated carbocycles. The number of hydrogen-bond donors (Lipinski definition) is 2. The molecule has 5 aromatic rings. The van der Waals surface area contributed by atoms with Crippen LogP contribution >= 0.6 is 11.3 Å². The summed E-state index contributed by atoms with van der Waals surface area (Å²) in [5, 5.41) is 21.2. The van der Waals surface area contributed by atoms with Gasteiger partial charge in [-0.2, -0.15) is 4.80 Å². The molecule has 1 saturated heterocycles. The number of amides is 2. The van der Waals surface area contributed by atoms with E-state index in [0.717, 1.165) is 17.0 Å². The average molecular weight is 726 g/mol. The van der Waals surface area contributed by atoms with Crippen molar-refractivity contribution in [3.05, 3.63) is 86.5 Å². The maximum Gasteiger partial charge on any atom is 0.267 e. The summed E-state index contributed by atoms with van der Waals surface area (Å²) in [5.41, 5.74) is 2.41. The Morgan fingerprint density at radius 2 is 1.83 bits per heavy atom. The van der Waals surface area contributed by atoms with Gasteiger partial charge >= 0.3 is 0 Å². The SMILES string of the molecule is COc1ccc(Cn2nnc(/C=C/c3c(N4CCC(NC(=O)CN(C)C)CC4)nc4cc(C(=O)Nc5nc(C(C)(C)C)cs5)ccn4c3=O)n2)cc1. The van der Waals surface area contributed by atoms with Crippen molar-refractivity contribution in [3.63, 3.8) is 0 Å². The van der Waals surface area contributed by atoms with E-state index >= 15 is 0 Å². The minimum Gasteiger partial charge on any atom is -0.497 e. The lowest BCUT2D eigenvalue weighted by Crippen LogP contribution is -2.47. The number of thiazole rings is 1. The van der Waals surface area contributed by atoms with Crippen LogP contribution in [-0.2, 0) is 16.8 Å². The normalized spacial score (nSPS) is 14.0. The Bertz CT molecular complexity index is 2140. The smallest absolute Gasteiger partial charge is 0.267 e.